The van der Waals surface area contributed by atoms with E-state index in [2.05, 4.69) is 9.37 Å². The third-order valence-corrected chi connectivity index (χ3v) is 5.43. The van der Waals surface area contributed by atoms with Gasteiger partial charge in [-0.3, -0.25) is 5.04 Å². The van der Waals surface area contributed by atoms with Gasteiger partial charge in [0.25, 0.3) is 0 Å². The third kappa shape index (κ3) is 2.77. The molecule has 9 heteroatoms. The van der Waals surface area contributed by atoms with E-state index in [1.165, 1.54) is 6.92 Å². The van der Waals surface area contributed by atoms with E-state index in [1.54, 1.807) is 0 Å². The Bertz CT molecular complexity index is 432. The first kappa shape index (κ1) is 16.9. The van der Waals surface area contributed by atoms with Crippen molar-refractivity contribution < 1.29 is 38.0 Å². The molecule has 1 N–H and O–H groups in total. The molecule has 0 spiro atoms. The molecule has 122 valence electrons. The van der Waals surface area contributed by atoms with Gasteiger partial charge < -0.3 is 15.1 Å². The number of aliphatic hydroxyl groups excluding tert-OH is 1. The van der Waals surface area contributed by atoms with Crippen molar-refractivity contribution in [3.05, 3.63) is 0 Å². The maximum absolute atomic E-state index is 13.4. The highest BCUT2D eigenvalue weighted by Gasteiger charge is 2.64. The van der Waals surface area contributed by atoms with Gasteiger partial charge in [-0.25, -0.2) is 4.79 Å². The molecule has 0 aromatic heterocycles. The van der Waals surface area contributed by atoms with Crippen molar-refractivity contribution in [3.8, 4) is 0 Å². The molecule has 0 radical (unpaired) electrons. The zero-order chi connectivity index (χ0) is 16.1. The van der Waals surface area contributed by atoms with Gasteiger partial charge in [0.2, 0.25) is 0 Å². The Hall–Kier alpha value is -0.480. The summed E-state index contributed by atoms with van der Waals surface area (Å²) in [5.41, 5.74) is -1.47. The SMILES string of the molecule is CC1(OC(=O)C(F)(F)SOO[O-])CC2CC(C1O)C2(C)C. The predicted octanol–water partition coefficient (Wildman–Crippen LogP) is 1.18. The lowest BCUT2D eigenvalue weighted by atomic mass is 9.45. The lowest BCUT2D eigenvalue weighted by Crippen LogP contribution is -2.66. The normalized spacial score (nSPS) is 37.8. The van der Waals surface area contributed by atoms with Gasteiger partial charge in [0, 0.05) is 0 Å². The Kier molecular flexibility index (Phi) is 4.27. The number of esters is 1. The van der Waals surface area contributed by atoms with Crippen molar-refractivity contribution in [1.29, 1.82) is 0 Å². The molecule has 0 aromatic carbocycles. The van der Waals surface area contributed by atoms with Gasteiger partial charge in [0.15, 0.2) is 0 Å². The highest BCUT2D eigenvalue weighted by atomic mass is 32.2. The Balaban J connectivity index is 2.04. The standard InChI is InChI=1S/C12H18F2O6S/c1-10(2)6-4-7(10)8(15)11(3,5-6)18-9(16)12(13,14)21-20-19-17/h6-8,15,17H,4-5H2,1-3H3/p-1. The third-order valence-electron chi connectivity index (χ3n) is 4.93. The molecule has 4 unspecified atom stereocenters. The molecule has 6 nitrogen and oxygen atoms in total. The molecule has 0 saturated heterocycles. The second kappa shape index (κ2) is 5.31. The van der Waals surface area contributed by atoms with Crippen LogP contribution in [0.4, 0.5) is 8.78 Å². The van der Waals surface area contributed by atoms with E-state index in [-0.39, 0.29) is 17.3 Å². The molecule has 3 aliphatic carbocycles. The van der Waals surface area contributed by atoms with E-state index in [0.29, 0.717) is 6.42 Å². The van der Waals surface area contributed by atoms with Crippen molar-refractivity contribution in [1.82, 2.24) is 0 Å². The fourth-order valence-corrected chi connectivity index (χ4v) is 3.66. The van der Waals surface area contributed by atoms with Crippen LogP contribution in [0, 0.1) is 17.3 Å². The Morgan fingerprint density at radius 1 is 1.43 bits per heavy atom. The number of hydrogen-bond acceptors (Lipinski definition) is 7. The summed E-state index contributed by atoms with van der Waals surface area (Å²) in [6.07, 6.45) is 0.0850. The molecule has 3 saturated carbocycles. The number of aliphatic hydroxyl groups is 1. The number of halogens is 2. The topological polar surface area (TPSA) is 88.1 Å². The zero-order valence-corrected chi connectivity index (χ0v) is 12.6. The van der Waals surface area contributed by atoms with E-state index in [9.17, 15) is 23.9 Å². The fourth-order valence-electron chi connectivity index (χ4n) is 3.44. The summed E-state index contributed by atoms with van der Waals surface area (Å²) < 4.78 is 35.1. The van der Waals surface area contributed by atoms with Crippen LogP contribution in [-0.4, -0.2) is 28.0 Å². The molecule has 2 bridgehead atoms. The first-order valence-corrected chi connectivity index (χ1v) is 7.22. The number of alkyl halides is 2. The average molecular weight is 327 g/mol. The number of carbonyl (C=O) groups excluding carboxylic acids is 1. The number of fused-ring (bicyclic) bond motifs is 2. The molecule has 0 heterocycles. The Labute approximate surface area is 124 Å². The first-order valence-electron chi connectivity index (χ1n) is 6.48. The summed E-state index contributed by atoms with van der Waals surface area (Å²) in [6, 6.07) is 0. The predicted molar refractivity (Wildman–Crippen MR) is 65.2 cm³/mol. The van der Waals surface area contributed by atoms with Crippen LogP contribution in [0.2, 0.25) is 0 Å². The zero-order valence-electron chi connectivity index (χ0n) is 11.8. The van der Waals surface area contributed by atoms with E-state index < -0.39 is 35.0 Å². The molecular formula is C12H17F2O6S-. The van der Waals surface area contributed by atoms with E-state index in [0.717, 1.165) is 6.42 Å². The summed E-state index contributed by atoms with van der Waals surface area (Å²) in [4.78, 5) is 11.5. The molecule has 4 atom stereocenters. The number of rotatable bonds is 5. The maximum Gasteiger partial charge on any atom is 0.415 e. The second-order valence-electron chi connectivity index (χ2n) is 6.45. The summed E-state index contributed by atoms with van der Waals surface area (Å²) in [5.74, 6) is -1.77. The van der Waals surface area contributed by atoms with E-state index >= 15 is 0 Å². The fraction of sp³-hybridized carbons (Fsp3) is 0.917. The van der Waals surface area contributed by atoms with Crippen molar-refractivity contribution in [2.24, 2.45) is 17.3 Å². The molecule has 3 rings (SSSR count). The van der Waals surface area contributed by atoms with Crippen LogP contribution in [0.3, 0.4) is 0 Å². The van der Waals surface area contributed by atoms with Gasteiger partial charge in [-0.15, -0.1) is 0 Å². The van der Waals surface area contributed by atoms with Gasteiger partial charge >= 0.3 is 11.2 Å². The largest absolute Gasteiger partial charge is 0.691 e. The monoisotopic (exact) mass is 327 g/mol. The van der Waals surface area contributed by atoms with E-state index in [1.807, 2.05) is 13.8 Å². The summed E-state index contributed by atoms with van der Waals surface area (Å²) in [7, 11) is 0. The van der Waals surface area contributed by atoms with Crippen LogP contribution in [0.15, 0.2) is 0 Å². The minimum atomic E-state index is -4.09. The second-order valence-corrected chi connectivity index (χ2v) is 7.26. The van der Waals surface area contributed by atoms with Gasteiger partial charge in [0.1, 0.15) is 17.6 Å². The number of hydrogen-bond donors (Lipinski definition) is 1. The molecule has 0 aromatic rings. The van der Waals surface area contributed by atoms with Crippen molar-refractivity contribution in [3.63, 3.8) is 0 Å². The minimum absolute atomic E-state index is 0.0951. The van der Waals surface area contributed by atoms with Crippen LogP contribution in [-0.2, 0) is 18.9 Å². The lowest BCUT2D eigenvalue weighted by Gasteiger charge is -2.63. The summed E-state index contributed by atoms with van der Waals surface area (Å²) in [5, 5.41) is 18.6. The van der Waals surface area contributed by atoms with Gasteiger partial charge in [-0.2, -0.15) is 13.1 Å². The van der Waals surface area contributed by atoms with Crippen molar-refractivity contribution in [2.45, 2.75) is 50.6 Å². The number of ether oxygens (including phenoxy) is 1. The summed E-state index contributed by atoms with van der Waals surface area (Å²) in [6.45, 7) is 5.44. The molecule has 21 heavy (non-hydrogen) atoms. The number of carbonyl (C=O) groups is 1. The molecule has 3 fully saturated rings. The van der Waals surface area contributed by atoms with Crippen LogP contribution in [0.25, 0.3) is 0 Å². The van der Waals surface area contributed by atoms with Crippen LogP contribution < -0.4 is 5.26 Å². The quantitative estimate of drug-likeness (QED) is 0.351. The highest BCUT2D eigenvalue weighted by molar-refractivity contribution is 7.96. The summed E-state index contributed by atoms with van der Waals surface area (Å²) >= 11 is -0.737. The van der Waals surface area contributed by atoms with Gasteiger partial charge in [-0.05, 0) is 37.0 Å². The van der Waals surface area contributed by atoms with Crippen LogP contribution >= 0.6 is 12.0 Å². The maximum atomic E-state index is 13.4. The molecule has 0 amide bonds. The average Bonchev–Trinajstić information content (AvgIpc) is 2.39. The molecular weight excluding hydrogens is 310 g/mol. The Morgan fingerprint density at radius 3 is 2.52 bits per heavy atom. The van der Waals surface area contributed by atoms with Gasteiger partial charge in [-0.1, -0.05) is 13.8 Å². The van der Waals surface area contributed by atoms with Crippen LogP contribution in [0.5, 0.6) is 0 Å². The van der Waals surface area contributed by atoms with Crippen molar-refractivity contribution >= 4 is 18.0 Å². The lowest BCUT2D eigenvalue weighted by molar-refractivity contribution is -0.777. The van der Waals surface area contributed by atoms with Crippen molar-refractivity contribution in [2.75, 3.05) is 0 Å². The first-order chi connectivity index (χ1) is 9.54. The highest BCUT2D eigenvalue weighted by Crippen LogP contribution is 2.62. The van der Waals surface area contributed by atoms with Gasteiger partial charge in [0.05, 0.1) is 6.10 Å². The Morgan fingerprint density at radius 2 is 2.05 bits per heavy atom. The molecule has 3 aliphatic rings. The van der Waals surface area contributed by atoms with Crippen LogP contribution in [0.1, 0.15) is 33.6 Å². The smallest absolute Gasteiger partial charge is 0.415 e. The molecule has 0 aliphatic heterocycles. The minimum Gasteiger partial charge on any atom is -0.691 e. The van der Waals surface area contributed by atoms with E-state index in [4.69, 9.17) is 4.74 Å².